The van der Waals surface area contributed by atoms with Crippen molar-refractivity contribution in [1.29, 1.82) is 0 Å². The van der Waals surface area contributed by atoms with E-state index >= 15 is 0 Å². The van der Waals surface area contributed by atoms with Gasteiger partial charge in [0.1, 0.15) is 0 Å². The molecule has 1 saturated heterocycles. The highest BCUT2D eigenvalue weighted by atomic mass is 15.4. The maximum atomic E-state index is 4.66. The third kappa shape index (κ3) is 2.92. The molecule has 1 fully saturated rings. The lowest BCUT2D eigenvalue weighted by Crippen LogP contribution is -2.39. The number of anilines is 1. The molecule has 0 amide bonds. The average Bonchev–Trinajstić information content (AvgIpc) is 3.06. The van der Waals surface area contributed by atoms with E-state index in [4.69, 9.17) is 0 Å². The number of piperidine rings is 1. The normalized spacial score (nSPS) is 19.2. The van der Waals surface area contributed by atoms with Gasteiger partial charge in [0.05, 0.1) is 11.3 Å². The minimum absolute atomic E-state index is 0.672. The van der Waals surface area contributed by atoms with Crippen molar-refractivity contribution in [3.05, 3.63) is 11.9 Å². The molecule has 0 saturated carbocycles. The molecule has 21 heavy (non-hydrogen) atoms. The Morgan fingerprint density at radius 2 is 2.33 bits per heavy atom. The number of aromatic nitrogens is 5. The van der Waals surface area contributed by atoms with Gasteiger partial charge < -0.3 is 10.2 Å². The number of H-pyrrole nitrogens is 1. The fraction of sp³-hybridized carbons (Fsp3) is 0.643. The van der Waals surface area contributed by atoms with Gasteiger partial charge in [0, 0.05) is 26.3 Å². The summed E-state index contributed by atoms with van der Waals surface area (Å²) >= 11 is 0. The zero-order chi connectivity index (χ0) is 14.8. The second-order valence-electron chi connectivity index (χ2n) is 5.80. The Balaban J connectivity index is 1.77. The van der Waals surface area contributed by atoms with E-state index in [0.717, 1.165) is 42.7 Å². The SMILES string of the molecule is CNCC1CCCN(c2n[nH]c(-c3cn(C)nc3C)n2)C1. The van der Waals surface area contributed by atoms with Crippen LogP contribution >= 0.6 is 0 Å². The van der Waals surface area contributed by atoms with Crippen molar-refractivity contribution in [3.8, 4) is 11.4 Å². The molecule has 2 N–H and O–H groups in total. The molecule has 1 aliphatic heterocycles. The first-order valence-corrected chi connectivity index (χ1v) is 7.50. The van der Waals surface area contributed by atoms with Gasteiger partial charge in [0.15, 0.2) is 5.82 Å². The standard InChI is InChI=1S/C14H23N7/c1-10-12(9-20(3)19-10)13-16-14(18-17-13)21-6-4-5-11(8-21)7-15-2/h9,11,15H,4-8H2,1-3H3,(H,16,17,18). The zero-order valence-corrected chi connectivity index (χ0v) is 12.9. The second kappa shape index (κ2) is 5.85. The molecule has 3 heterocycles. The van der Waals surface area contributed by atoms with Crippen LogP contribution in [0.3, 0.4) is 0 Å². The van der Waals surface area contributed by atoms with E-state index < -0.39 is 0 Å². The number of nitrogens with zero attached hydrogens (tertiary/aromatic N) is 5. The van der Waals surface area contributed by atoms with Gasteiger partial charge in [-0.3, -0.25) is 9.78 Å². The Morgan fingerprint density at radius 3 is 3.05 bits per heavy atom. The Morgan fingerprint density at radius 1 is 1.48 bits per heavy atom. The maximum Gasteiger partial charge on any atom is 0.245 e. The quantitative estimate of drug-likeness (QED) is 0.876. The molecular weight excluding hydrogens is 266 g/mol. The van der Waals surface area contributed by atoms with Crippen LogP contribution in [-0.2, 0) is 7.05 Å². The van der Waals surface area contributed by atoms with Crippen LogP contribution in [0.15, 0.2) is 6.20 Å². The molecule has 7 nitrogen and oxygen atoms in total. The second-order valence-corrected chi connectivity index (χ2v) is 5.80. The van der Waals surface area contributed by atoms with Gasteiger partial charge in [-0.15, -0.1) is 5.10 Å². The molecule has 0 aromatic carbocycles. The molecule has 7 heteroatoms. The predicted molar refractivity (Wildman–Crippen MR) is 82.2 cm³/mol. The number of hydrogen-bond acceptors (Lipinski definition) is 5. The molecular formula is C14H23N7. The lowest BCUT2D eigenvalue weighted by Gasteiger charge is -2.31. The Hall–Kier alpha value is -1.89. The summed E-state index contributed by atoms with van der Waals surface area (Å²) in [4.78, 5) is 6.93. The summed E-state index contributed by atoms with van der Waals surface area (Å²) in [6, 6.07) is 0. The number of aromatic amines is 1. The summed E-state index contributed by atoms with van der Waals surface area (Å²) in [5.41, 5.74) is 1.98. The lowest BCUT2D eigenvalue weighted by molar-refractivity contribution is 0.399. The first kappa shape index (κ1) is 14.1. The van der Waals surface area contributed by atoms with Gasteiger partial charge in [0.2, 0.25) is 5.95 Å². The number of nitrogens with one attached hydrogen (secondary N) is 2. The molecule has 114 valence electrons. The van der Waals surface area contributed by atoms with E-state index in [-0.39, 0.29) is 0 Å². The predicted octanol–water partition coefficient (Wildman–Crippen LogP) is 0.949. The van der Waals surface area contributed by atoms with Crippen LogP contribution in [0.4, 0.5) is 5.95 Å². The highest BCUT2D eigenvalue weighted by Gasteiger charge is 2.22. The van der Waals surface area contributed by atoms with Gasteiger partial charge in [0.25, 0.3) is 0 Å². The molecule has 1 atom stereocenters. The molecule has 0 radical (unpaired) electrons. The number of aryl methyl sites for hydroxylation is 2. The molecule has 1 unspecified atom stereocenters. The van der Waals surface area contributed by atoms with E-state index in [1.807, 2.05) is 27.2 Å². The summed E-state index contributed by atoms with van der Waals surface area (Å²) in [7, 11) is 3.93. The van der Waals surface area contributed by atoms with Crippen molar-refractivity contribution in [2.24, 2.45) is 13.0 Å². The van der Waals surface area contributed by atoms with Crippen LogP contribution in [0.25, 0.3) is 11.4 Å². The van der Waals surface area contributed by atoms with Gasteiger partial charge in [-0.05, 0) is 39.3 Å². The first-order chi connectivity index (χ1) is 10.2. The third-order valence-electron chi connectivity index (χ3n) is 4.04. The van der Waals surface area contributed by atoms with Crippen molar-refractivity contribution < 1.29 is 0 Å². The fourth-order valence-electron chi connectivity index (χ4n) is 3.05. The highest BCUT2D eigenvalue weighted by molar-refractivity contribution is 5.58. The van der Waals surface area contributed by atoms with E-state index in [1.54, 1.807) is 4.68 Å². The zero-order valence-electron chi connectivity index (χ0n) is 12.9. The van der Waals surface area contributed by atoms with Crippen LogP contribution in [0.2, 0.25) is 0 Å². The largest absolute Gasteiger partial charge is 0.339 e. The molecule has 2 aromatic rings. The monoisotopic (exact) mass is 289 g/mol. The van der Waals surface area contributed by atoms with Crippen molar-refractivity contribution in [2.75, 3.05) is 31.6 Å². The van der Waals surface area contributed by atoms with Crippen LogP contribution in [0.5, 0.6) is 0 Å². The minimum atomic E-state index is 0.672. The topological polar surface area (TPSA) is 74.7 Å². The first-order valence-electron chi connectivity index (χ1n) is 7.50. The maximum absolute atomic E-state index is 4.66. The molecule has 0 bridgehead atoms. The van der Waals surface area contributed by atoms with Crippen molar-refractivity contribution in [2.45, 2.75) is 19.8 Å². The van der Waals surface area contributed by atoms with Crippen molar-refractivity contribution in [1.82, 2.24) is 30.3 Å². The summed E-state index contributed by atoms with van der Waals surface area (Å²) in [5, 5.41) is 15.1. The van der Waals surface area contributed by atoms with Crippen LogP contribution in [0.1, 0.15) is 18.5 Å². The van der Waals surface area contributed by atoms with E-state index in [9.17, 15) is 0 Å². The van der Waals surface area contributed by atoms with E-state index in [2.05, 4.69) is 30.5 Å². The molecule has 2 aromatic heterocycles. The summed E-state index contributed by atoms with van der Waals surface area (Å²) in [6.07, 6.45) is 4.44. The molecule has 0 aliphatic carbocycles. The van der Waals surface area contributed by atoms with Crippen LogP contribution in [-0.4, -0.2) is 51.6 Å². The summed E-state index contributed by atoms with van der Waals surface area (Å²) in [6.45, 7) is 5.09. The molecule has 1 aliphatic rings. The van der Waals surface area contributed by atoms with E-state index in [1.165, 1.54) is 12.8 Å². The van der Waals surface area contributed by atoms with Gasteiger partial charge in [-0.1, -0.05) is 0 Å². The van der Waals surface area contributed by atoms with Crippen molar-refractivity contribution >= 4 is 5.95 Å². The third-order valence-corrected chi connectivity index (χ3v) is 4.04. The summed E-state index contributed by atoms with van der Waals surface area (Å²) in [5.74, 6) is 2.27. The Bertz CT molecular complexity index is 598. The number of rotatable bonds is 4. The molecule has 3 rings (SSSR count). The van der Waals surface area contributed by atoms with Gasteiger partial charge in [-0.2, -0.15) is 10.1 Å². The Kier molecular flexibility index (Phi) is 3.92. The number of hydrogen-bond donors (Lipinski definition) is 2. The van der Waals surface area contributed by atoms with Crippen molar-refractivity contribution in [3.63, 3.8) is 0 Å². The van der Waals surface area contributed by atoms with E-state index in [0.29, 0.717) is 5.92 Å². The van der Waals surface area contributed by atoms with Gasteiger partial charge in [-0.25, -0.2) is 0 Å². The minimum Gasteiger partial charge on any atom is -0.339 e. The summed E-state index contributed by atoms with van der Waals surface area (Å²) < 4.78 is 1.80. The molecule has 0 spiro atoms. The smallest absolute Gasteiger partial charge is 0.245 e. The lowest BCUT2D eigenvalue weighted by atomic mass is 9.98. The van der Waals surface area contributed by atoms with Gasteiger partial charge >= 0.3 is 0 Å². The van der Waals surface area contributed by atoms with Crippen LogP contribution in [0, 0.1) is 12.8 Å². The Labute approximate surface area is 124 Å². The highest BCUT2D eigenvalue weighted by Crippen LogP contribution is 2.23. The average molecular weight is 289 g/mol. The van der Waals surface area contributed by atoms with Crippen LogP contribution < -0.4 is 10.2 Å². The fourth-order valence-corrected chi connectivity index (χ4v) is 3.05.